The smallest absolute Gasteiger partial charge is 0.250 e. The van der Waals surface area contributed by atoms with Gasteiger partial charge >= 0.3 is 0 Å². The van der Waals surface area contributed by atoms with Crippen LogP contribution in [-0.4, -0.2) is 44.2 Å². The Hall–Kier alpha value is -1.70. The fraction of sp³-hybridized carbons (Fsp3) is 0.385. The van der Waals surface area contributed by atoms with Crippen molar-refractivity contribution in [3.63, 3.8) is 0 Å². The molecule has 116 valence electrons. The van der Waals surface area contributed by atoms with Gasteiger partial charge in [0.1, 0.15) is 11.9 Å². The highest BCUT2D eigenvalue weighted by molar-refractivity contribution is 5.95. The Balaban J connectivity index is 0.00000220. The number of amides is 2. The van der Waals surface area contributed by atoms with E-state index in [1.807, 2.05) is 0 Å². The minimum absolute atomic E-state index is 0. The molecule has 8 heteroatoms. The number of hydrogen-bond donors (Lipinski definition) is 3. The van der Waals surface area contributed by atoms with Gasteiger partial charge in [-0.3, -0.25) is 9.59 Å². The third-order valence-electron chi connectivity index (χ3n) is 2.77. The average Bonchev–Trinajstić information content (AvgIpc) is 2.48. The maximum Gasteiger partial charge on any atom is 0.250 e. The van der Waals surface area contributed by atoms with E-state index in [0.29, 0.717) is 18.8 Å². The Bertz CT molecular complexity index is 478. The fourth-order valence-electron chi connectivity index (χ4n) is 1.75. The van der Waals surface area contributed by atoms with Crippen LogP contribution in [0.2, 0.25) is 0 Å². The average molecular weight is 318 g/mol. The molecule has 0 aliphatic carbocycles. The van der Waals surface area contributed by atoms with Gasteiger partial charge in [-0.25, -0.2) is 4.39 Å². The zero-order chi connectivity index (χ0) is 14.4. The van der Waals surface area contributed by atoms with Gasteiger partial charge in [-0.2, -0.15) is 0 Å². The predicted molar refractivity (Wildman–Crippen MR) is 77.9 cm³/mol. The number of carbonyl (C=O) groups is 2. The molecule has 21 heavy (non-hydrogen) atoms. The fourth-order valence-corrected chi connectivity index (χ4v) is 1.75. The first kappa shape index (κ1) is 17.4. The zero-order valence-corrected chi connectivity index (χ0v) is 12.0. The summed E-state index contributed by atoms with van der Waals surface area (Å²) >= 11 is 0. The van der Waals surface area contributed by atoms with E-state index in [9.17, 15) is 14.0 Å². The van der Waals surface area contributed by atoms with Gasteiger partial charge in [-0.05, 0) is 24.3 Å². The van der Waals surface area contributed by atoms with Gasteiger partial charge in [-0.15, -0.1) is 12.4 Å². The molecule has 3 N–H and O–H groups in total. The number of halogens is 2. The molecule has 1 fully saturated rings. The first-order valence-electron chi connectivity index (χ1n) is 6.30. The van der Waals surface area contributed by atoms with Gasteiger partial charge in [-0.1, -0.05) is 0 Å². The SMILES string of the molecule is Cl.O=C(CNC(=O)C1CNCCO1)Nc1ccc(F)cc1. The van der Waals surface area contributed by atoms with Crippen molar-refractivity contribution in [1.82, 2.24) is 10.6 Å². The van der Waals surface area contributed by atoms with Crippen LogP contribution in [0.4, 0.5) is 10.1 Å². The Labute approximate surface area is 127 Å². The van der Waals surface area contributed by atoms with Crippen molar-refractivity contribution in [2.75, 3.05) is 31.6 Å². The minimum Gasteiger partial charge on any atom is -0.366 e. The van der Waals surface area contributed by atoms with Crippen molar-refractivity contribution in [2.45, 2.75) is 6.10 Å². The lowest BCUT2D eigenvalue weighted by atomic mass is 10.3. The summed E-state index contributed by atoms with van der Waals surface area (Å²) in [7, 11) is 0. The molecule has 6 nitrogen and oxygen atoms in total. The standard InChI is InChI=1S/C13H16FN3O3.ClH/c14-9-1-3-10(4-2-9)17-12(18)8-16-13(19)11-7-15-5-6-20-11;/h1-4,11,15H,5-8H2,(H,16,19)(H,17,18);1H. The number of benzene rings is 1. The molecule has 1 saturated heterocycles. The largest absolute Gasteiger partial charge is 0.366 e. The second kappa shape index (κ2) is 8.56. The molecule has 1 aromatic rings. The molecule has 1 heterocycles. The van der Waals surface area contributed by atoms with Crippen molar-refractivity contribution >= 4 is 29.9 Å². The number of anilines is 1. The maximum atomic E-state index is 12.7. The van der Waals surface area contributed by atoms with Gasteiger partial charge in [0.2, 0.25) is 5.91 Å². The number of rotatable bonds is 4. The Kier molecular flexibility index (Phi) is 7.07. The van der Waals surface area contributed by atoms with E-state index in [1.54, 1.807) is 0 Å². The van der Waals surface area contributed by atoms with Gasteiger partial charge in [0, 0.05) is 18.8 Å². The summed E-state index contributed by atoms with van der Waals surface area (Å²) in [5.41, 5.74) is 0.473. The number of carbonyl (C=O) groups excluding carboxylic acids is 2. The summed E-state index contributed by atoms with van der Waals surface area (Å²) in [5, 5.41) is 8.07. The van der Waals surface area contributed by atoms with Gasteiger partial charge in [0.05, 0.1) is 13.2 Å². The monoisotopic (exact) mass is 317 g/mol. The van der Waals surface area contributed by atoms with Crippen LogP contribution in [0.5, 0.6) is 0 Å². The number of ether oxygens (including phenoxy) is 1. The summed E-state index contributed by atoms with van der Waals surface area (Å²) < 4.78 is 17.9. The number of hydrogen-bond acceptors (Lipinski definition) is 4. The summed E-state index contributed by atoms with van der Waals surface area (Å²) in [6.45, 7) is 1.47. The lowest BCUT2D eigenvalue weighted by molar-refractivity contribution is -0.135. The summed E-state index contributed by atoms with van der Waals surface area (Å²) in [6, 6.07) is 5.39. The Morgan fingerprint density at radius 1 is 1.33 bits per heavy atom. The minimum atomic E-state index is -0.567. The second-order valence-corrected chi connectivity index (χ2v) is 4.34. The van der Waals surface area contributed by atoms with Crippen molar-refractivity contribution < 1.29 is 18.7 Å². The zero-order valence-electron chi connectivity index (χ0n) is 11.2. The third kappa shape index (κ3) is 5.66. The molecule has 1 atom stereocenters. The molecule has 2 amide bonds. The molecular formula is C13H17ClFN3O3. The van der Waals surface area contributed by atoms with Crippen LogP contribution < -0.4 is 16.0 Å². The molecule has 1 aliphatic heterocycles. The molecule has 0 aromatic heterocycles. The molecule has 1 unspecified atom stereocenters. The van der Waals surface area contributed by atoms with Gasteiger partial charge < -0.3 is 20.7 Å². The van der Waals surface area contributed by atoms with Gasteiger partial charge in [0.15, 0.2) is 0 Å². The van der Waals surface area contributed by atoms with Crippen LogP contribution in [0.1, 0.15) is 0 Å². The molecule has 0 bridgehead atoms. The Morgan fingerprint density at radius 2 is 2.05 bits per heavy atom. The van der Waals surface area contributed by atoms with E-state index in [4.69, 9.17) is 4.74 Å². The van der Waals surface area contributed by atoms with Crippen molar-refractivity contribution in [3.05, 3.63) is 30.1 Å². The summed E-state index contributed by atoms with van der Waals surface area (Å²) in [4.78, 5) is 23.3. The van der Waals surface area contributed by atoms with Crippen LogP contribution in [-0.2, 0) is 14.3 Å². The molecule has 1 aliphatic rings. The first-order chi connectivity index (χ1) is 9.65. The van der Waals surface area contributed by atoms with E-state index in [0.717, 1.165) is 6.54 Å². The molecule has 0 radical (unpaired) electrons. The number of nitrogens with one attached hydrogen (secondary N) is 3. The molecule has 0 spiro atoms. The van der Waals surface area contributed by atoms with Crippen molar-refractivity contribution in [3.8, 4) is 0 Å². The molecular weight excluding hydrogens is 301 g/mol. The van der Waals surface area contributed by atoms with E-state index >= 15 is 0 Å². The van der Waals surface area contributed by atoms with Crippen LogP contribution in [0, 0.1) is 5.82 Å². The van der Waals surface area contributed by atoms with Crippen LogP contribution >= 0.6 is 12.4 Å². The van der Waals surface area contributed by atoms with Crippen LogP contribution in [0.3, 0.4) is 0 Å². The number of morpholine rings is 1. The lowest BCUT2D eigenvalue weighted by Crippen LogP contribution is -2.49. The highest BCUT2D eigenvalue weighted by Gasteiger charge is 2.21. The van der Waals surface area contributed by atoms with E-state index in [1.165, 1.54) is 24.3 Å². The summed E-state index contributed by atoms with van der Waals surface area (Å²) in [5.74, 6) is -1.08. The van der Waals surface area contributed by atoms with Crippen molar-refractivity contribution in [1.29, 1.82) is 0 Å². The topological polar surface area (TPSA) is 79.5 Å². The van der Waals surface area contributed by atoms with Crippen LogP contribution in [0.15, 0.2) is 24.3 Å². The van der Waals surface area contributed by atoms with E-state index in [-0.39, 0.29) is 36.6 Å². The lowest BCUT2D eigenvalue weighted by Gasteiger charge is -2.22. The van der Waals surface area contributed by atoms with Crippen molar-refractivity contribution in [2.24, 2.45) is 0 Å². The highest BCUT2D eigenvalue weighted by atomic mass is 35.5. The first-order valence-corrected chi connectivity index (χ1v) is 6.30. The predicted octanol–water partition coefficient (Wildman–Crippen LogP) is 0.291. The normalized spacial score (nSPS) is 17.5. The molecule has 2 rings (SSSR count). The van der Waals surface area contributed by atoms with Crippen LogP contribution in [0.25, 0.3) is 0 Å². The van der Waals surface area contributed by atoms with E-state index in [2.05, 4.69) is 16.0 Å². The quantitative estimate of drug-likeness (QED) is 0.746. The van der Waals surface area contributed by atoms with E-state index < -0.39 is 6.10 Å². The summed E-state index contributed by atoms with van der Waals surface area (Å²) in [6.07, 6.45) is -0.567. The van der Waals surface area contributed by atoms with Gasteiger partial charge in [0.25, 0.3) is 5.91 Å². The third-order valence-corrected chi connectivity index (χ3v) is 2.77. The molecule has 0 saturated carbocycles. The highest BCUT2D eigenvalue weighted by Crippen LogP contribution is 2.07. The molecule has 1 aromatic carbocycles. The second-order valence-electron chi connectivity index (χ2n) is 4.34. The Morgan fingerprint density at radius 3 is 2.67 bits per heavy atom. The maximum absolute atomic E-state index is 12.7.